The minimum Gasteiger partial charge on any atom is -0.472 e. The van der Waals surface area contributed by atoms with Crippen LogP contribution >= 0.6 is 0 Å². The van der Waals surface area contributed by atoms with E-state index < -0.39 is 0 Å². The molecule has 7 heteroatoms. The minimum absolute atomic E-state index is 0.228. The molecule has 7 nitrogen and oxygen atoms in total. The van der Waals surface area contributed by atoms with Crippen LogP contribution in [0.1, 0.15) is 36.2 Å². The fraction of sp³-hybridized carbons (Fsp3) is 0.312. The fourth-order valence-corrected chi connectivity index (χ4v) is 2.70. The van der Waals surface area contributed by atoms with Gasteiger partial charge in [-0.05, 0) is 31.7 Å². The number of nitrogens with one attached hydrogen (secondary N) is 2. The number of carbonyl (C=O) groups is 1. The predicted molar refractivity (Wildman–Crippen MR) is 83.9 cm³/mol. The molecule has 3 heterocycles. The topological polar surface area (TPSA) is 88.7 Å². The summed E-state index contributed by atoms with van der Waals surface area (Å²) in [6, 6.07) is 2.15. The number of hydrogen-bond donors (Lipinski definition) is 2. The van der Waals surface area contributed by atoms with Gasteiger partial charge in [-0.25, -0.2) is 0 Å². The van der Waals surface area contributed by atoms with Crippen molar-refractivity contribution in [3.63, 3.8) is 0 Å². The molecule has 1 saturated carbocycles. The van der Waals surface area contributed by atoms with E-state index >= 15 is 0 Å². The Bertz CT molecular complexity index is 813. The number of carbonyl (C=O) groups excluding carboxylic acids is 1. The standard InChI is InChI=1S/C16H17N5O2/c1-10(11-2-3-11)21-8-13(6-18-21)19-16(22)14-7-17-20-15(14)12-4-5-23-9-12/h4-11H,2-3H2,1H3,(H,17,20)(H,19,22). The van der Waals surface area contributed by atoms with Crippen molar-refractivity contribution in [2.45, 2.75) is 25.8 Å². The second kappa shape index (κ2) is 5.42. The summed E-state index contributed by atoms with van der Waals surface area (Å²) in [5.74, 6) is 0.480. The van der Waals surface area contributed by atoms with Crippen molar-refractivity contribution in [2.75, 3.05) is 5.32 Å². The van der Waals surface area contributed by atoms with Crippen LogP contribution in [0.15, 0.2) is 41.6 Å². The van der Waals surface area contributed by atoms with Crippen molar-refractivity contribution in [1.82, 2.24) is 20.0 Å². The molecule has 1 aliphatic carbocycles. The Kier molecular flexibility index (Phi) is 3.25. The summed E-state index contributed by atoms with van der Waals surface area (Å²) < 4.78 is 6.97. The molecule has 1 atom stereocenters. The van der Waals surface area contributed by atoms with E-state index in [1.807, 2.05) is 10.9 Å². The summed E-state index contributed by atoms with van der Waals surface area (Å²) in [5, 5.41) is 14.0. The number of furan rings is 1. The highest BCUT2D eigenvalue weighted by Gasteiger charge is 2.29. The van der Waals surface area contributed by atoms with Gasteiger partial charge in [0.1, 0.15) is 0 Å². The van der Waals surface area contributed by atoms with Crippen molar-refractivity contribution in [1.29, 1.82) is 0 Å². The third-order valence-corrected chi connectivity index (χ3v) is 4.27. The monoisotopic (exact) mass is 311 g/mol. The number of hydrogen-bond acceptors (Lipinski definition) is 4. The van der Waals surface area contributed by atoms with Crippen LogP contribution in [-0.2, 0) is 0 Å². The number of anilines is 1. The van der Waals surface area contributed by atoms with Gasteiger partial charge >= 0.3 is 0 Å². The Labute approximate surface area is 132 Å². The molecule has 3 aromatic heterocycles. The Morgan fingerprint density at radius 2 is 2.35 bits per heavy atom. The van der Waals surface area contributed by atoms with E-state index in [1.54, 1.807) is 24.8 Å². The van der Waals surface area contributed by atoms with Gasteiger partial charge in [0.05, 0.1) is 47.9 Å². The van der Waals surface area contributed by atoms with Gasteiger partial charge < -0.3 is 9.73 Å². The summed E-state index contributed by atoms with van der Waals surface area (Å²) >= 11 is 0. The predicted octanol–water partition coefficient (Wildman–Crippen LogP) is 3.09. The fourth-order valence-electron chi connectivity index (χ4n) is 2.70. The molecular formula is C16H17N5O2. The summed E-state index contributed by atoms with van der Waals surface area (Å²) in [5.41, 5.74) is 2.57. The summed E-state index contributed by atoms with van der Waals surface area (Å²) in [7, 11) is 0. The molecule has 0 saturated heterocycles. The maximum Gasteiger partial charge on any atom is 0.259 e. The first-order valence-electron chi connectivity index (χ1n) is 7.64. The third-order valence-electron chi connectivity index (χ3n) is 4.27. The van der Waals surface area contributed by atoms with E-state index in [0.29, 0.717) is 28.9 Å². The van der Waals surface area contributed by atoms with E-state index in [2.05, 4.69) is 27.5 Å². The van der Waals surface area contributed by atoms with Crippen molar-refractivity contribution in [2.24, 2.45) is 5.92 Å². The van der Waals surface area contributed by atoms with Crippen molar-refractivity contribution in [3.05, 3.63) is 42.7 Å². The maximum absolute atomic E-state index is 12.5. The molecule has 0 bridgehead atoms. The number of aromatic nitrogens is 4. The first kappa shape index (κ1) is 13.8. The lowest BCUT2D eigenvalue weighted by Gasteiger charge is -2.09. The first-order chi connectivity index (χ1) is 11.2. The first-order valence-corrected chi connectivity index (χ1v) is 7.64. The lowest BCUT2D eigenvalue weighted by molar-refractivity contribution is 0.102. The van der Waals surface area contributed by atoms with Crippen LogP contribution in [0.2, 0.25) is 0 Å². The molecule has 1 aliphatic rings. The number of aromatic amines is 1. The van der Waals surface area contributed by atoms with Gasteiger partial charge in [0.2, 0.25) is 0 Å². The van der Waals surface area contributed by atoms with Gasteiger partial charge in [-0.3, -0.25) is 14.6 Å². The molecule has 0 spiro atoms. The molecule has 1 unspecified atom stereocenters. The van der Waals surface area contributed by atoms with Crippen LogP contribution in [0.5, 0.6) is 0 Å². The van der Waals surface area contributed by atoms with Gasteiger partial charge in [-0.1, -0.05) is 0 Å². The molecule has 1 amide bonds. The maximum atomic E-state index is 12.5. The van der Waals surface area contributed by atoms with Crippen LogP contribution < -0.4 is 5.32 Å². The molecule has 0 aromatic carbocycles. The molecular weight excluding hydrogens is 294 g/mol. The SMILES string of the molecule is CC(C1CC1)n1cc(NC(=O)c2cn[nH]c2-c2ccoc2)cn1. The van der Waals surface area contributed by atoms with Crippen LogP contribution in [0.25, 0.3) is 11.3 Å². The van der Waals surface area contributed by atoms with Gasteiger partial charge in [0.25, 0.3) is 5.91 Å². The molecule has 118 valence electrons. The second-order valence-electron chi connectivity index (χ2n) is 5.91. The van der Waals surface area contributed by atoms with E-state index in [1.165, 1.54) is 19.0 Å². The number of nitrogens with zero attached hydrogens (tertiary/aromatic N) is 3. The molecule has 1 fully saturated rings. The quantitative estimate of drug-likeness (QED) is 0.757. The van der Waals surface area contributed by atoms with Crippen molar-refractivity contribution >= 4 is 11.6 Å². The van der Waals surface area contributed by atoms with Gasteiger partial charge in [0.15, 0.2) is 0 Å². The zero-order chi connectivity index (χ0) is 15.8. The van der Waals surface area contributed by atoms with E-state index in [0.717, 1.165) is 5.56 Å². The minimum atomic E-state index is -0.228. The largest absolute Gasteiger partial charge is 0.472 e. The molecule has 3 aromatic rings. The van der Waals surface area contributed by atoms with Crippen LogP contribution in [0, 0.1) is 5.92 Å². The molecule has 0 aliphatic heterocycles. The number of amides is 1. The summed E-state index contributed by atoms with van der Waals surface area (Å²) in [4.78, 5) is 12.5. The normalized spacial score (nSPS) is 15.5. The molecule has 4 rings (SSSR count). The van der Waals surface area contributed by atoms with Crippen LogP contribution in [0.3, 0.4) is 0 Å². The Morgan fingerprint density at radius 3 is 3.09 bits per heavy atom. The Morgan fingerprint density at radius 1 is 1.48 bits per heavy atom. The van der Waals surface area contributed by atoms with Gasteiger partial charge in [-0.2, -0.15) is 10.2 Å². The number of rotatable bonds is 5. The molecule has 23 heavy (non-hydrogen) atoms. The smallest absolute Gasteiger partial charge is 0.259 e. The van der Waals surface area contributed by atoms with E-state index in [-0.39, 0.29) is 5.91 Å². The van der Waals surface area contributed by atoms with Crippen molar-refractivity contribution in [3.8, 4) is 11.3 Å². The van der Waals surface area contributed by atoms with E-state index in [9.17, 15) is 4.79 Å². The zero-order valence-corrected chi connectivity index (χ0v) is 12.7. The Balaban J connectivity index is 1.51. The van der Waals surface area contributed by atoms with Gasteiger partial charge in [-0.15, -0.1) is 0 Å². The van der Waals surface area contributed by atoms with Gasteiger partial charge in [0, 0.05) is 11.8 Å². The third kappa shape index (κ3) is 2.65. The van der Waals surface area contributed by atoms with Crippen LogP contribution in [0.4, 0.5) is 5.69 Å². The van der Waals surface area contributed by atoms with Crippen LogP contribution in [-0.4, -0.2) is 25.9 Å². The molecule has 2 N–H and O–H groups in total. The summed E-state index contributed by atoms with van der Waals surface area (Å²) in [6.07, 6.45) is 10.7. The highest BCUT2D eigenvalue weighted by atomic mass is 16.3. The lowest BCUT2D eigenvalue weighted by atomic mass is 10.1. The second-order valence-corrected chi connectivity index (χ2v) is 5.91. The zero-order valence-electron chi connectivity index (χ0n) is 12.7. The van der Waals surface area contributed by atoms with Crippen molar-refractivity contribution < 1.29 is 9.21 Å². The summed E-state index contributed by atoms with van der Waals surface area (Å²) in [6.45, 7) is 2.16. The average molecular weight is 311 g/mol. The highest BCUT2D eigenvalue weighted by molar-refractivity contribution is 6.07. The highest BCUT2D eigenvalue weighted by Crippen LogP contribution is 2.39. The number of H-pyrrole nitrogens is 1. The molecule has 0 radical (unpaired) electrons. The average Bonchev–Trinajstić information content (AvgIpc) is 3.00. The Hall–Kier alpha value is -2.83. The van der Waals surface area contributed by atoms with E-state index in [4.69, 9.17) is 4.42 Å². The lowest BCUT2D eigenvalue weighted by Crippen LogP contribution is -2.12.